The highest BCUT2D eigenvalue weighted by Crippen LogP contribution is 2.22. The highest BCUT2D eigenvalue weighted by molar-refractivity contribution is 5.76. The molecule has 0 saturated heterocycles. The van der Waals surface area contributed by atoms with Crippen molar-refractivity contribution in [3.63, 3.8) is 0 Å². The van der Waals surface area contributed by atoms with Crippen molar-refractivity contribution >= 4 is 11.0 Å². The van der Waals surface area contributed by atoms with Gasteiger partial charge in [-0.05, 0) is 37.1 Å². The van der Waals surface area contributed by atoms with Gasteiger partial charge in [-0.2, -0.15) is 0 Å². The van der Waals surface area contributed by atoms with Gasteiger partial charge in [-0.25, -0.2) is 4.98 Å². The van der Waals surface area contributed by atoms with E-state index in [1.807, 2.05) is 59.2 Å². The number of benzene rings is 2. The third-order valence-electron chi connectivity index (χ3n) is 3.97. The molecule has 0 bridgehead atoms. The van der Waals surface area contributed by atoms with E-state index in [4.69, 9.17) is 4.74 Å². The largest absolute Gasteiger partial charge is 0.491 e. The zero-order valence-corrected chi connectivity index (χ0v) is 13.9. The molecule has 2 aromatic carbocycles. The minimum Gasteiger partial charge on any atom is -0.491 e. The van der Waals surface area contributed by atoms with E-state index in [2.05, 4.69) is 11.6 Å². The maximum absolute atomic E-state index is 10.0. The van der Waals surface area contributed by atoms with Crippen LogP contribution < -0.4 is 4.74 Å². The average molecular weight is 322 g/mol. The number of para-hydroxylation sites is 3. The zero-order chi connectivity index (χ0) is 16.9. The maximum atomic E-state index is 10.0. The second-order valence-corrected chi connectivity index (χ2v) is 5.74. The number of hydrogen-bond donors (Lipinski definition) is 1. The summed E-state index contributed by atoms with van der Waals surface area (Å²) >= 11 is 0. The van der Waals surface area contributed by atoms with E-state index in [0.29, 0.717) is 19.0 Å². The summed E-state index contributed by atoms with van der Waals surface area (Å²) in [5.41, 5.74) is 3.02. The van der Waals surface area contributed by atoms with Crippen molar-refractivity contribution in [3.8, 4) is 5.75 Å². The Balaban J connectivity index is 1.79. The van der Waals surface area contributed by atoms with Gasteiger partial charge in [-0.1, -0.05) is 36.4 Å². The van der Waals surface area contributed by atoms with Crippen molar-refractivity contribution in [2.45, 2.75) is 26.0 Å². The first-order chi connectivity index (χ1) is 11.7. The van der Waals surface area contributed by atoms with Crippen molar-refractivity contribution < 1.29 is 9.84 Å². The van der Waals surface area contributed by atoms with Crippen LogP contribution in [-0.2, 0) is 13.0 Å². The van der Waals surface area contributed by atoms with Crippen LogP contribution in [0.1, 0.15) is 24.4 Å². The summed E-state index contributed by atoms with van der Waals surface area (Å²) in [4.78, 5) is 4.53. The molecule has 0 aliphatic carbocycles. The number of rotatable bonds is 7. The summed E-state index contributed by atoms with van der Waals surface area (Å²) in [5.74, 6) is 1.54. The maximum Gasteiger partial charge on any atom is 0.138 e. The highest BCUT2D eigenvalue weighted by atomic mass is 16.5. The van der Waals surface area contributed by atoms with Gasteiger partial charge in [-0.3, -0.25) is 0 Å². The van der Waals surface area contributed by atoms with Crippen molar-refractivity contribution in [2.75, 3.05) is 6.61 Å². The van der Waals surface area contributed by atoms with E-state index < -0.39 is 6.10 Å². The summed E-state index contributed by atoms with van der Waals surface area (Å²) in [6.45, 7) is 6.66. The number of aromatic nitrogens is 2. The molecule has 3 rings (SSSR count). The van der Waals surface area contributed by atoms with E-state index >= 15 is 0 Å². The molecule has 0 radical (unpaired) electrons. The molecule has 1 aromatic heterocycles. The van der Waals surface area contributed by atoms with E-state index in [1.54, 1.807) is 6.92 Å². The number of hydrogen-bond acceptors (Lipinski definition) is 3. The molecule has 24 heavy (non-hydrogen) atoms. The van der Waals surface area contributed by atoms with Gasteiger partial charge >= 0.3 is 0 Å². The number of aliphatic hydroxyl groups excluding tert-OH is 1. The molecule has 4 heteroatoms. The summed E-state index contributed by atoms with van der Waals surface area (Å²) in [6.07, 6.45) is 2.03. The number of allylic oxidation sites excluding steroid dienone is 1. The summed E-state index contributed by atoms with van der Waals surface area (Å²) in [7, 11) is 0. The van der Waals surface area contributed by atoms with E-state index in [1.165, 1.54) is 0 Å². The predicted octanol–water partition coefficient (Wildman–Crippen LogP) is 3.90. The standard InChI is InChI=1S/C20H22N2O2/c1-3-8-16-9-4-7-12-19(16)24-14-13-22-18-11-6-5-10-17(18)21-20(22)15(2)23/h3-7,9-12,15,23H,1,8,13-14H2,2H3/t15-/m0/s1. The van der Waals surface area contributed by atoms with E-state index in [9.17, 15) is 5.11 Å². The number of imidazole rings is 1. The molecule has 0 aliphatic rings. The molecule has 0 unspecified atom stereocenters. The Morgan fingerprint density at radius 3 is 2.75 bits per heavy atom. The molecule has 1 heterocycles. The first kappa shape index (κ1) is 16.3. The molecule has 1 atom stereocenters. The van der Waals surface area contributed by atoms with Gasteiger partial charge in [0, 0.05) is 0 Å². The number of ether oxygens (including phenoxy) is 1. The molecular formula is C20H22N2O2. The molecule has 3 aromatic rings. The Kier molecular flexibility index (Phi) is 4.96. The van der Waals surface area contributed by atoms with Crippen LogP contribution in [0, 0.1) is 0 Å². The molecule has 0 saturated carbocycles. The highest BCUT2D eigenvalue weighted by Gasteiger charge is 2.14. The van der Waals surface area contributed by atoms with Crippen LogP contribution in [0.15, 0.2) is 61.2 Å². The first-order valence-corrected chi connectivity index (χ1v) is 8.15. The predicted molar refractivity (Wildman–Crippen MR) is 96.2 cm³/mol. The van der Waals surface area contributed by atoms with Crippen LogP contribution in [0.5, 0.6) is 5.75 Å². The summed E-state index contributed by atoms with van der Waals surface area (Å²) < 4.78 is 7.99. The minimum absolute atomic E-state index is 0.508. The van der Waals surface area contributed by atoms with Crippen molar-refractivity contribution in [3.05, 3.63) is 72.6 Å². The average Bonchev–Trinajstić information content (AvgIpc) is 2.96. The number of fused-ring (bicyclic) bond motifs is 1. The van der Waals surface area contributed by atoms with Gasteiger partial charge in [-0.15, -0.1) is 6.58 Å². The Labute approximate surface area is 142 Å². The lowest BCUT2D eigenvalue weighted by Gasteiger charge is -2.13. The molecule has 0 spiro atoms. The van der Waals surface area contributed by atoms with Crippen LogP contribution in [0.3, 0.4) is 0 Å². The lowest BCUT2D eigenvalue weighted by Crippen LogP contribution is -2.13. The van der Waals surface area contributed by atoms with Crippen LogP contribution in [0.25, 0.3) is 11.0 Å². The van der Waals surface area contributed by atoms with Crippen LogP contribution in [0.4, 0.5) is 0 Å². The number of nitrogens with zero attached hydrogens (tertiary/aromatic N) is 2. The van der Waals surface area contributed by atoms with Gasteiger partial charge in [0.25, 0.3) is 0 Å². The van der Waals surface area contributed by atoms with Crippen LogP contribution >= 0.6 is 0 Å². The first-order valence-electron chi connectivity index (χ1n) is 8.15. The topological polar surface area (TPSA) is 47.3 Å². The molecule has 0 amide bonds. The Hall–Kier alpha value is -2.59. The summed E-state index contributed by atoms with van der Waals surface area (Å²) in [5, 5.41) is 10.0. The molecule has 124 valence electrons. The molecule has 0 aliphatic heterocycles. The quantitative estimate of drug-likeness (QED) is 0.671. The number of aliphatic hydroxyl groups is 1. The lowest BCUT2D eigenvalue weighted by molar-refractivity contribution is 0.181. The molecule has 0 fully saturated rings. The van der Waals surface area contributed by atoms with Gasteiger partial charge in [0.2, 0.25) is 0 Å². The second kappa shape index (κ2) is 7.32. The van der Waals surface area contributed by atoms with Crippen molar-refractivity contribution in [1.29, 1.82) is 0 Å². The second-order valence-electron chi connectivity index (χ2n) is 5.74. The molecule has 1 N–H and O–H groups in total. The monoisotopic (exact) mass is 322 g/mol. The van der Waals surface area contributed by atoms with E-state index in [-0.39, 0.29) is 0 Å². The van der Waals surface area contributed by atoms with Gasteiger partial charge in [0.15, 0.2) is 0 Å². The molecular weight excluding hydrogens is 300 g/mol. The zero-order valence-electron chi connectivity index (χ0n) is 13.9. The SMILES string of the molecule is C=CCc1ccccc1OCCn1c([C@H](C)O)nc2ccccc21. The van der Waals surface area contributed by atoms with Crippen LogP contribution in [-0.4, -0.2) is 21.3 Å². The lowest BCUT2D eigenvalue weighted by atomic mass is 10.1. The van der Waals surface area contributed by atoms with Crippen molar-refractivity contribution in [1.82, 2.24) is 9.55 Å². The third kappa shape index (κ3) is 3.34. The summed E-state index contributed by atoms with van der Waals surface area (Å²) in [6, 6.07) is 15.9. The fourth-order valence-corrected chi connectivity index (χ4v) is 2.86. The Bertz CT molecular complexity index is 837. The Morgan fingerprint density at radius 2 is 1.96 bits per heavy atom. The van der Waals surface area contributed by atoms with E-state index in [0.717, 1.165) is 28.8 Å². The Morgan fingerprint density at radius 1 is 1.21 bits per heavy atom. The molecule has 4 nitrogen and oxygen atoms in total. The van der Waals surface area contributed by atoms with Crippen LogP contribution in [0.2, 0.25) is 0 Å². The minimum atomic E-state index is -0.620. The smallest absolute Gasteiger partial charge is 0.138 e. The van der Waals surface area contributed by atoms with Gasteiger partial charge in [0.1, 0.15) is 24.3 Å². The fraction of sp³-hybridized carbons (Fsp3) is 0.250. The third-order valence-corrected chi connectivity index (χ3v) is 3.97. The fourth-order valence-electron chi connectivity index (χ4n) is 2.86. The van der Waals surface area contributed by atoms with Gasteiger partial charge in [0.05, 0.1) is 17.6 Å². The van der Waals surface area contributed by atoms with Crippen molar-refractivity contribution in [2.24, 2.45) is 0 Å². The van der Waals surface area contributed by atoms with Gasteiger partial charge < -0.3 is 14.4 Å². The normalized spacial score (nSPS) is 12.2.